The lowest BCUT2D eigenvalue weighted by Crippen LogP contribution is -2.47. The van der Waals surface area contributed by atoms with Crippen molar-refractivity contribution in [2.45, 2.75) is 39.2 Å². The SMILES string of the molecule is CC1CCCN(C(=O)NCC2CCN(Cc3ccccc3)CC2)C1. The molecule has 1 N–H and O–H groups in total. The second-order valence-corrected chi connectivity index (χ2v) is 7.58. The van der Waals surface area contributed by atoms with Crippen molar-refractivity contribution in [2.75, 3.05) is 32.7 Å². The third-order valence-corrected chi connectivity index (χ3v) is 5.44. The second-order valence-electron chi connectivity index (χ2n) is 7.58. The molecule has 0 bridgehead atoms. The van der Waals surface area contributed by atoms with Crippen LogP contribution < -0.4 is 5.32 Å². The maximum absolute atomic E-state index is 12.3. The summed E-state index contributed by atoms with van der Waals surface area (Å²) < 4.78 is 0. The summed E-state index contributed by atoms with van der Waals surface area (Å²) >= 11 is 0. The van der Waals surface area contributed by atoms with E-state index in [9.17, 15) is 4.79 Å². The molecule has 132 valence electrons. The molecular formula is C20H31N3O. The Hall–Kier alpha value is -1.55. The summed E-state index contributed by atoms with van der Waals surface area (Å²) in [5.74, 6) is 1.27. The van der Waals surface area contributed by atoms with Gasteiger partial charge in [0, 0.05) is 26.2 Å². The molecule has 0 spiro atoms. The van der Waals surface area contributed by atoms with E-state index in [0.29, 0.717) is 11.8 Å². The lowest BCUT2D eigenvalue weighted by molar-refractivity contribution is 0.157. The molecule has 1 atom stereocenters. The molecule has 1 aromatic carbocycles. The molecule has 0 aliphatic carbocycles. The normalized spacial score (nSPS) is 23.2. The fraction of sp³-hybridized carbons (Fsp3) is 0.650. The fourth-order valence-electron chi connectivity index (χ4n) is 3.91. The Morgan fingerprint density at radius 1 is 1.12 bits per heavy atom. The molecule has 2 amide bonds. The number of hydrogen-bond donors (Lipinski definition) is 1. The zero-order chi connectivity index (χ0) is 16.8. The highest BCUT2D eigenvalue weighted by Gasteiger charge is 2.23. The number of likely N-dealkylation sites (tertiary alicyclic amines) is 2. The molecule has 3 rings (SSSR count). The standard InChI is InChI=1S/C20H31N3O/c1-17-6-5-11-23(15-17)20(24)21-14-18-9-12-22(13-10-18)16-19-7-3-2-4-8-19/h2-4,7-8,17-18H,5-6,9-16H2,1H3,(H,21,24). The van der Waals surface area contributed by atoms with E-state index >= 15 is 0 Å². The number of amides is 2. The highest BCUT2D eigenvalue weighted by atomic mass is 16.2. The molecule has 2 fully saturated rings. The van der Waals surface area contributed by atoms with Crippen molar-refractivity contribution in [1.82, 2.24) is 15.1 Å². The van der Waals surface area contributed by atoms with Gasteiger partial charge in [-0.05, 0) is 56.2 Å². The first-order chi connectivity index (χ1) is 11.7. The van der Waals surface area contributed by atoms with Gasteiger partial charge in [-0.3, -0.25) is 4.90 Å². The predicted molar refractivity (Wildman–Crippen MR) is 97.8 cm³/mol. The van der Waals surface area contributed by atoms with E-state index in [1.165, 1.54) is 24.8 Å². The average molecular weight is 329 g/mol. The van der Waals surface area contributed by atoms with E-state index in [4.69, 9.17) is 0 Å². The first-order valence-corrected chi connectivity index (χ1v) is 9.50. The Kier molecular flexibility index (Phi) is 6.13. The van der Waals surface area contributed by atoms with Gasteiger partial charge in [0.05, 0.1) is 0 Å². The van der Waals surface area contributed by atoms with Crippen LogP contribution in [0.2, 0.25) is 0 Å². The highest BCUT2D eigenvalue weighted by Crippen LogP contribution is 2.19. The maximum atomic E-state index is 12.3. The first-order valence-electron chi connectivity index (χ1n) is 9.50. The number of carbonyl (C=O) groups is 1. The summed E-state index contributed by atoms with van der Waals surface area (Å²) in [7, 11) is 0. The highest BCUT2D eigenvalue weighted by molar-refractivity contribution is 5.74. The fourth-order valence-corrected chi connectivity index (χ4v) is 3.91. The molecule has 4 heteroatoms. The molecule has 1 aromatic rings. The van der Waals surface area contributed by atoms with Crippen LogP contribution in [-0.4, -0.2) is 48.6 Å². The van der Waals surface area contributed by atoms with Crippen molar-refractivity contribution < 1.29 is 4.79 Å². The molecule has 24 heavy (non-hydrogen) atoms. The lowest BCUT2D eigenvalue weighted by Gasteiger charge is -2.34. The monoisotopic (exact) mass is 329 g/mol. The summed E-state index contributed by atoms with van der Waals surface area (Å²) in [5, 5.41) is 3.18. The Morgan fingerprint density at radius 2 is 1.88 bits per heavy atom. The maximum Gasteiger partial charge on any atom is 0.317 e. The van der Waals surface area contributed by atoms with Gasteiger partial charge in [-0.1, -0.05) is 37.3 Å². The molecule has 2 aliphatic heterocycles. The first kappa shape index (κ1) is 17.3. The van der Waals surface area contributed by atoms with Crippen LogP contribution in [0.15, 0.2) is 30.3 Å². The molecular weight excluding hydrogens is 298 g/mol. The van der Waals surface area contributed by atoms with Crippen molar-refractivity contribution in [1.29, 1.82) is 0 Å². The minimum Gasteiger partial charge on any atom is -0.338 e. The molecule has 2 saturated heterocycles. The molecule has 1 unspecified atom stereocenters. The van der Waals surface area contributed by atoms with E-state index < -0.39 is 0 Å². The van der Waals surface area contributed by atoms with E-state index in [-0.39, 0.29) is 6.03 Å². The van der Waals surface area contributed by atoms with Gasteiger partial charge in [-0.25, -0.2) is 4.79 Å². The summed E-state index contributed by atoms with van der Waals surface area (Å²) in [6, 6.07) is 10.8. The van der Waals surface area contributed by atoms with Gasteiger partial charge < -0.3 is 10.2 Å². The largest absolute Gasteiger partial charge is 0.338 e. The number of piperidine rings is 2. The average Bonchev–Trinajstić information content (AvgIpc) is 2.62. The van der Waals surface area contributed by atoms with Crippen LogP contribution >= 0.6 is 0 Å². The molecule has 4 nitrogen and oxygen atoms in total. The van der Waals surface area contributed by atoms with Gasteiger partial charge in [0.15, 0.2) is 0 Å². The molecule has 0 saturated carbocycles. The lowest BCUT2D eigenvalue weighted by atomic mass is 9.96. The number of urea groups is 1. The predicted octanol–water partition coefficient (Wildman–Crippen LogP) is 3.34. The topological polar surface area (TPSA) is 35.6 Å². The summed E-state index contributed by atoms with van der Waals surface area (Å²) in [6.45, 7) is 8.23. The van der Waals surface area contributed by atoms with Crippen LogP contribution in [0.4, 0.5) is 4.79 Å². The Morgan fingerprint density at radius 3 is 2.58 bits per heavy atom. The zero-order valence-electron chi connectivity index (χ0n) is 14.9. The number of hydrogen-bond acceptors (Lipinski definition) is 2. The van der Waals surface area contributed by atoms with Crippen LogP contribution in [-0.2, 0) is 6.54 Å². The van der Waals surface area contributed by atoms with Gasteiger partial charge in [0.1, 0.15) is 0 Å². The molecule has 0 aromatic heterocycles. The van der Waals surface area contributed by atoms with Crippen LogP contribution in [0, 0.1) is 11.8 Å². The van der Waals surface area contributed by atoms with Gasteiger partial charge in [-0.15, -0.1) is 0 Å². The van der Waals surface area contributed by atoms with Crippen LogP contribution in [0.5, 0.6) is 0 Å². The van der Waals surface area contributed by atoms with E-state index in [1.807, 2.05) is 4.90 Å². The van der Waals surface area contributed by atoms with Gasteiger partial charge in [0.25, 0.3) is 0 Å². The number of rotatable bonds is 4. The van der Waals surface area contributed by atoms with Crippen molar-refractivity contribution >= 4 is 6.03 Å². The minimum atomic E-state index is 0.147. The summed E-state index contributed by atoms with van der Waals surface area (Å²) in [5.41, 5.74) is 1.39. The van der Waals surface area contributed by atoms with Gasteiger partial charge in [0.2, 0.25) is 0 Å². The number of carbonyl (C=O) groups excluding carboxylic acids is 1. The van der Waals surface area contributed by atoms with E-state index in [2.05, 4.69) is 47.5 Å². The Labute approximate surface area is 146 Å². The van der Waals surface area contributed by atoms with Crippen LogP contribution in [0.25, 0.3) is 0 Å². The molecule has 2 aliphatic rings. The molecule has 0 radical (unpaired) electrons. The van der Waals surface area contributed by atoms with Gasteiger partial charge in [-0.2, -0.15) is 0 Å². The third-order valence-electron chi connectivity index (χ3n) is 5.44. The van der Waals surface area contributed by atoms with Crippen LogP contribution in [0.3, 0.4) is 0 Å². The van der Waals surface area contributed by atoms with Crippen molar-refractivity contribution in [3.05, 3.63) is 35.9 Å². The van der Waals surface area contributed by atoms with Gasteiger partial charge >= 0.3 is 6.03 Å². The van der Waals surface area contributed by atoms with Crippen molar-refractivity contribution in [3.63, 3.8) is 0 Å². The second kappa shape index (κ2) is 8.52. The summed E-state index contributed by atoms with van der Waals surface area (Å²) in [6.07, 6.45) is 4.77. The van der Waals surface area contributed by atoms with Crippen molar-refractivity contribution in [3.8, 4) is 0 Å². The Balaban J connectivity index is 1.35. The zero-order valence-corrected chi connectivity index (χ0v) is 14.9. The van der Waals surface area contributed by atoms with Crippen molar-refractivity contribution in [2.24, 2.45) is 11.8 Å². The smallest absolute Gasteiger partial charge is 0.317 e. The summed E-state index contributed by atoms with van der Waals surface area (Å²) in [4.78, 5) is 16.8. The van der Waals surface area contributed by atoms with Crippen LogP contribution in [0.1, 0.15) is 38.2 Å². The number of benzene rings is 1. The van der Waals surface area contributed by atoms with E-state index in [0.717, 1.165) is 45.7 Å². The number of nitrogens with one attached hydrogen (secondary N) is 1. The minimum absolute atomic E-state index is 0.147. The number of nitrogens with zero attached hydrogens (tertiary/aromatic N) is 2. The molecule has 2 heterocycles. The quantitative estimate of drug-likeness (QED) is 0.919. The Bertz CT molecular complexity index is 511. The third kappa shape index (κ3) is 4.97. The van der Waals surface area contributed by atoms with E-state index in [1.54, 1.807) is 0 Å².